The van der Waals surface area contributed by atoms with E-state index in [1.807, 2.05) is 0 Å². The van der Waals surface area contributed by atoms with Crippen molar-refractivity contribution >= 4 is 23.2 Å². The van der Waals surface area contributed by atoms with Crippen LogP contribution in [-0.4, -0.2) is 40.2 Å². The van der Waals surface area contributed by atoms with Crippen molar-refractivity contribution in [1.29, 1.82) is 0 Å². The molecule has 0 atom stereocenters. The van der Waals surface area contributed by atoms with Crippen LogP contribution in [0, 0.1) is 10.1 Å². The lowest BCUT2D eigenvalue weighted by Gasteiger charge is -2.27. The van der Waals surface area contributed by atoms with Crippen LogP contribution in [0.3, 0.4) is 0 Å². The summed E-state index contributed by atoms with van der Waals surface area (Å²) >= 11 is 0. The minimum atomic E-state index is -0.713. The number of aromatic nitrogens is 2. The molecule has 0 saturated heterocycles. The monoisotopic (exact) mass is 407 g/mol. The number of rotatable bonds is 5. The van der Waals surface area contributed by atoms with E-state index in [1.165, 1.54) is 33.8 Å². The van der Waals surface area contributed by atoms with Crippen LogP contribution in [0.4, 0.5) is 11.4 Å². The lowest BCUT2D eigenvalue weighted by Crippen LogP contribution is -2.39. The molecule has 0 aliphatic carbocycles. The molecule has 1 aromatic heterocycles. The van der Waals surface area contributed by atoms with E-state index in [0.717, 1.165) is 0 Å². The summed E-state index contributed by atoms with van der Waals surface area (Å²) in [6.45, 7) is 0.290. The molecule has 0 fully saturated rings. The van der Waals surface area contributed by atoms with E-state index in [4.69, 9.17) is 10.5 Å². The fourth-order valence-corrected chi connectivity index (χ4v) is 3.47. The van der Waals surface area contributed by atoms with Crippen LogP contribution >= 0.6 is 0 Å². The van der Waals surface area contributed by atoms with Crippen molar-refractivity contribution in [2.75, 3.05) is 18.6 Å². The van der Waals surface area contributed by atoms with Gasteiger partial charge in [-0.25, -0.2) is 4.68 Å². The maximum absolute atomic E-state index is 13.3. The summed E-state index contributed by atoms with van der Waals surface area (Å²) in [5, 5.41) is 15.2. The summed E-state index contributed by atoms with van der Waals surface area (Å²) in [6, 6.07) is 12.6. The number of non-ortho nitro benzene ring substituents is 1. The Hall–Kier alpha value is -4.21. The van der Waals surface area contributed by atoms with E-state index >= 15 is 0 Å². The fourth-order valence-electron chi connectivity index (χ4n) is 3.47. The van der Waals surface area contributed by atoms with Gasteiger partial charge in [-0.1, -0.05) is 0 Å². The Kier molecular flexibility index (Phi) is 4.66. The number of primary amides is 1. The number of nitro groups is 1. The predicted molar refractivity (Wildman–Crippen MR) is 107 cm³/mol. The first-order chi connectivity index (χ1) is 14.4. The number of nitro benzene ring substituents is 1. The van der Waals surface area contributed by atoms with E-state index in [2.05, 4.69) is 5.10 Å². The second-order valence-electron chi connectivity index (χ2n) is 6.63. The zero-order chi connectivity index (χ0) is 21.4. The summed E-state index contributed by atoms with van der Waals surface area (Å²) < 4.78 is 6.55. The van der Waals surface area contributed by atoms with Gasteiger partial charge in [0, 0.05) is 29.9 Å². The van der Waals surface area contributed by atoms with Crippen LogP contribution in [0.15, 0.2) is 48.5 Å². The first-order valence-corrected chi connectivity index (χ1v) is 9.03. The Morgan fingerprint density at radius 3 is 2.33 bits per heavy atom. The normalized spacial score (nSPS) is 13.1. The standard InChI is InChI=1S/C20H17N5O5/c1-30-15-8-6-13(7-9-15)24-18-16(17(22-24)19(21)26)10-11-23(20(18)27)12-2-4-14(5-3-12)25(28)29/h2-9H,10-11H2,1H3,(H2,21,26). The first-order valence-electron chi connectivity index (χ1n) is 9.03. The highest BCUT2D eigenvalue weighted by Crippen LogP contribution is 2.30. The van der Waals surface area contributed by atoms with Gasteiger partial charge >= 0.3 is 0 Å². The van der Waals surface area contributed by atoms with Crippen LogP contribution in [0.1, 0.15) is 26.5 Å². The van der Waals surface area contributed by atoms with Crippen LogP contribution in [-0.2, 0) is 6.42 Å². The molecule has 30 heavy (non-hydrogen) atoms. The second kappa shape index (κ2) is 7.32. The molecule has 1 aliphatic heterocycles. The molecule has 0 saturated carbocycles. The van der Waals surface area contributed by atoms with Crippen LogP contribution in [0.5, 0.6) is 5.75 Å². The molecule has 0 unspecified atom stereocenters. The molecule has 2 heterocycles. The van der Waals surface area contributed by atoms with E-state index < -0.39 is 10.8 Å². The van der Waals surface area contributed by atoms with Crippen molar-refractivity contribution in [3.8, 4) is 11.4 Å². The van der Waals surface area contributed by atoms with Gasteiger partial charge in [-0.2, -0.15) is 5.10 Å². The molecule has 2 N–H and O–H groups in total. The number of ether oxygens (including phenoxy) is 1. The van der Waals surface area contributed by atoms with Crippen LogP contribution < -0.4 is 15.4 Å². The Morgan fingerprint density at radius 2 is 1.77 bits per heavy atom. The average molecular weight is 407 g/mol. The zero-order valence-electron chi connectivity index (χ0n) is 15.9. The van der Waals surface area contributed by atoms with Crippen molar-refractivity contribution in [2.24, 2.45) is 5.73 Å². The zero-order valence-corrected chi connectivity index (χ0v) is 15.9. The number of hydrogen-bond donors (Lipinski definition) is 1. The van der Waals surface area contributed by atoms with Crippen molar-refractivity contribution < 1.29 is 19.2 Å². The molecular formula is C20H17N5O5. The number of nitrogens with two attached hydrogens (primary N) is 1. The van der Waals surface area contributed by atoms with E-state index in [0.29, 0.717) is 29.1 Å². The number of methoxy groups -OCH3 is 1. The molecule has 10 nitrogen and oxygen atoms in total. The van der Waals surface area contributed by atoms with Gasteiger partial charge in [0.1, 0.15) is 11.4 Å². The summed E-state index contributed by atoms with van der Waals surface area (Å²) in [6.07, 6.45) is 0.368. The van der Waals surface area contributed by atoms with Crippen molar-refractivity contribution in [1.82, 2.24) is 9.78 Å². The number of nitrogens with zero attached hydrogens (tertiary/aromatic N) is 4. The van der Waals surface area contributed by atoms with E-state index in [9.17, 15) is 19.7 Å². The van der Waals surface area contributed by atoms with Gasteiger partial charge in [-0.3, -0.25) is 19.7 Å². The number of amides is 2. The minimum Gasteiger partial charge on any atom is -0.497 e. The van der Waals surface area contributed by atoms with Gasteiger partial charge in [0.05, 0.1) is 17.7 Å². The van der Waals surface area contributed by atoms with Gasteiger partial charge in [0.2, 0.25) is 0 Å². The second-order valence-corrected chi connectivity index (χ2v) is 6.63. The minimum absolute atomic E-state index is 0.0533. The summed E-state index contributed by atoms with van der Waals surface area (Å²) in [5.41, 5.74) is 7.28. The predicted octanol–water partition coefficient (Wildman–Crippen LogP) is 2.09. The maximum atomic E-state index is 13.3. The third-order valence-corrected chi connectivity index (χ3v) is 4.94. The summed E-state index contributed by atoms with van der Waals surface area (Å²) in [7, 11) is 1.54. The first kappa shape index (κ1) is 19.1. The SMILES string of the molecule is COc1ccc(-n2nc(C(N)=O)c3c2C(=O)N(c2ccc([N+](=O)[O-])cc2)CC3)cc1. The third-order valence-electron chi connectivity index (χ3n) is 4.94. The molecule has 0 spiro atoms. The van der Waals surface area contributed by atoms with Gasteiger partial charge in [-0.05, 0) is 42.8 Å². The lowest BCUT2D eigenvalue weighted by molar-refractivity contribution is -0.384. The molecule has 0 bridgehead atoms. The van der Waals surface area contributed by atoms with Gasteiger partial charge in [0.25, 0.3) is 17.5 Å². The molecule has 1 aliphatic rings. The molecule has 10 heteroatoms. The van der Waals surface area contributed by atoms with Crippen molar-refractivity contribution in [3.05, 3.63) is 75.6 Å². The number of fused-ring (bicyclic) bond motifs is 1. The largest absolute Gasteiger partial charge is 0.497 e. The van der Waals surface area contributed by atoms with Crippen LogP contribution in [0.25, 0.3) is 5.69 Å². The highest BCUT2D eigenvalue weighted by Gasteiger charge is 2.34. The maximum Gasteiger partial charge on any atom is 0.277 e. The smallest absolute Gasteiger partial charge is 0.277 e. The molecule has 2 aromatic carbocycles. The number of carbonyl (C=O) groups excluding carboxylic acids is 2. The highest BCUT2D eigenvalue weighted by molar-refractivity contribution is 6.09. The van der Waals surface area contributed by atoms with Gasteiger partial charge in [-0.15, -0.1) is 0 Å². The number of hydrogen-bond acceptors (Lipinski definition) is 6. The Morgan fingerprint density at radius 1 is 1.13 bits per heavy atom. The highest BCUT2D eigenvalue weighted by atomic mass is 16.6. The number of benzene rings is 2. The van der Waals surface area contributed by atoms with E-state index in [-0.39, 0.29) is 29.5 Å². The quantitative estimate of drug-likeness (QED) is 0.508. The molecule has 3 aromatic rings. The molecule has 2 amide bonds. The van der Waals surface area contributed by atoms with Crippen molar-refractivity contribution in [3.63, 3.8) is 0 Å². The van der Waals surface area contributed by atoms with Gasteiger partial charge < -0.3 is 15.4 Å². The van der Waals surface area contributed by atoms with Crippen LogP contribution in [0.2, 0.25) is 0 Å². The summed E-state index contributed by atoms with van der Waals surface area (Å²) in [5.74, 6) is -0.454. The topological polar surface area (TPSA) is 134 Å². The fraction of sp³-hybridized carbons (Fsp3) is 0.150. The summed E-state index contributed by atoms with van der Waals surface area (Å²) in [4.78, 5) is 37.1. The number of carbonyl (C=O) groups is 2. The average Bonchev–Trinajstić information content (AvgIpc) is 3.15. The van der Waals surface area contributed by atoms with E-state index in [1.54, 1.807) is 31.4 Å². The van der Waals surface area contributed by atoms with Gasteiger partial charge in [0.15, 0.2) is 5.69 Å². The Labute approximate surface area is 170 Å². The molecule has 0 radical (unpaired) electrons. The Bertz CT molecular complexity index is 1150. The number of anilines is 1. The third kappa shape index (κ3) is 3.13. The molecule has 4 rings (SSSR count). The molecular weight excluding hydrogens is 390 g/mol. The lowest BCUT2D eigenvalue weighted by atomic mass is 10.0. The molecule has 152 valence electrons. The Balaban J connectivity index is 1.79. The van der Waals surface area contributed by atoms with Crippen molar-refractivity contribution in [2.45, 2.75) is 6.42 Å².